The number of rotatable bonds is 8. The second kappa shape index (κ2) is 9.92. The molecule has 30 heavy (non-hydrogen) atoms. The summed E-state index contributed by atoms with van der Waals surface area (Å²) in [7, 11) is 0. The molecule has 1 aliphatic heterocycles. The minimum absolute atomic E-state index is 0.0173. The van der Waals surface area contributed by atoms with Crippen LogP contribution < -0.4 is 10.0 Å². The van der Waals surface area contributed by atoms with E-state index in [4.69, 9.17) is 11.6 Å². The maximum atomic E-state index is 13.2. The number of ketones is 1. The van der Waals surface area contributed by atoms with Gasteiger partial charge < -0.3 is 14.9 Å². The van der Waals surface area contributed by atoms with E-state index in [1.54, 1.807) is 53.4 Å². The third kappa shape index (κ3) is 4.58. The Morgan fingerprint density at radius 1 is 1.03 bits per heavy atom. The summed E-state index contributed by atoms with van der Waals surface area (Å²) >= 11 is 6.03. The summed E-state index contributed by atoms with van der Waals surface area (Å²) in [5.74, 6) is -1.71. The van der Waals surface area contributed by atoms with E-state index in [1.165, 1.54) is 4.90 Å². The molecule has 2 aromatic carbocycles. The monoisotopic (exact) mass is 426 g/mol. The number of quaternary nitrogens is 1. The summed E-state index contributed by atoms with van der Waals surface area (Å²) < 4.78 is 0. The second-order valence-electron chi connectivity index (χ2n) is 7.45. The predicted molar refractivity (Wildman–Crippen MR) is 116 cm³/mol. The van der Waals surface area contributed by atoms with Gasteiger partial charge in [-0.3, -0.25) is 9.59 Å². The van der Waals surface area contributed by atoms with Crippen LogP contribution in [0.4, 0.5) is 0 Å². The Balaban J connectivity index is 2.00. The van der Waals surface area contributed by atoms with Gasteiger partial charge in [0.05, 0.1) is 25.7 Å². The van der Waals surface area contributed by atoms with Crippen molar-refractivity contribution in [2.45, 2.75) is 26.3 Å². The standard InChI is InChI=1S/C24H27ClN2O3/c1-3-26(4-2)15-8-16-27-21(17-11-13-19(25)14-12-17)20(23(29)24(27)30)22(28)18-9-6-5-7-10-18/h5-7,9-14,21,28H,3-4,8,15-16H2,1-2H3/b22-20+. The topological polar surface area (TPSA) is 64.9 Å². The van der Waals surface area contributed by atoms with E-state index in [-0.39, 0.29) is 5.57 Å². The number of hydrogen-bond donors (Lipinski definition) is 1. The summed E-state index contributed by atoms with van der Waals surface area (Å²) in [4.78, 5) is 28.8. The Kier molecular flexibility index (Phi) is 7.29. The van der Waals surface area contributed by atoms with Crippen molar-refractivity contribution < 1.29 is 19.6 Å². The molecule has 3 rings (SSSR count). The highest BCUT2D eigenvalue weighted by atomic mass is 35.5. The van der Waals surface area contributed by atoms with E-state index in [9.17, 15) is 14.7 Å². The fourth-order valence-electron chi connectivity index (χ4n) is 3.94. The highest BCUT2D eigenvalue weighted by Crippen LogP contribution is 2.38. The van der Waals surface area contributed by atoms with Crippen molar-refractivity contribution in [2.75, 3.05) is 26.2 Å². The summed E-state index contributed by atoms with van der Waals surface area (Å²) in [5, 5.41) is 13.8. The predicted octanol–water partition coefficient (Wildman–Crippen LogP) is 1.88. The van der Waals surface area contributed by atoms with Crippen molar-refractivity contribution in [1.82, 2.24) is 4.90 Å². The van der Waals surface area contributed by atoms with Gasteiger partial charge in [-0.2, -0.15) is 0 Å². The van der Waals surface area contributed by atoms with Crippen LogP contribution in [0.5, 0.6) is 0 Å². The Bertz CT molecular complexity index is 921. The first-order valence-electron chi connectivity index (χ1n) is 10.4. The largest absolute Gasteiger partial charge is 0.872 e. The van der Waals surface area contributed by atoms with Crippen LogP contribution in [-0.4, -0.2) is 42.8 Å². The van der Waals surface area contributed by atoms with Crippen molar-refractivity contribution in [3.8, 4) is 0 Å². The lowest BCUT2D eigenvalue weighted by atomic mass is 9.95. The van der Waals surface area contributed by atoms with Gasteiger partial charge in [-0.15, -0.1) is 0 Å². The molecule has 6 heteroatoms. The average Bonchev–Trinajstić information content (AvgIpc) is 3.02. The first kappa shape index (κ1) is 22.1. The smallest absolute Gasteiger partial charge is 0.295 e. The maximum Gasteiger partial charge on any atom is 0.295 e. The number of nitrogens with zero attached hydrogens (tertiary/aromatic N) is 1. The maximum absolute atomic E-state index is 13.2. The molecule has 0 spiro atoms. The highest BCUT2D eigenvalue weighted by molar-refractivity contribution is 6.46. The summed E-state index contributed by atoms with van der Waals surface area (Å²) in [5.41, 5.74) is 1.14. The molecule has 158 valence electrons. The normalized spacial score (nSPS) is 18.4. The van der Waals surface area contributed by atoms with Crippen molar-refractivity contribution in [1.29, 1.82) is 0 Å². The molecule has 0 saturated carbocycles. The van der Waals surface area contributed by atoms with Crippen molar-refractivity contribution in [2.24, 2.45) is 0 Å². The van der Waals surface area contributed by atoms with Crippen LogP contribution in [-0.2, 0) is 9.59 Å². The molecule has 1 saturated heterocycles. The Labute approximate surface area is 182 Å². The van der Waals surface area contributed by atoms with Crippen molar-refractivity contribution >= 4 is 29.1 Å². The van der Waals surface area contributed by atoms with Gasteiger partial charge in [0, 0.05) is 23.6 Å². The SMILES string of the molecule is CC[NH+](CC)CCCN1C(=O)C(=O)/C(=C(/[O-])c2ccccc2)C1c1ccc(Cl)cc1. The number of nitrogens with one attached hydrogen (secondary N) is 1. The molecule has 1 heterocycles. The Morgan fingerprint density at radius 2 is 1.67 bits per heavy atom. The molecule has 1 aliphatic rings. The zero-order chi connectivity index (χ0) is 21.7. The molecule has 2 aromatic rings. The zero-order valence-corrected chi connectivity index (χ0v) is 18.1. The lowest BCUT2D eigenvalue weighted by Crippen LogP contribution is -3.11. The zero-order valence-electron chi connectivity index (χ0n) is 17.4. The van der Waals surface area contributed by atoms with E-state index >= 15 is 0 Å². The van der Waals surface area contributed by atoms with Gasteiger partial charge in [0.1, 0.15) is 0 Å². The molecule has 1 atom stereocenters. The van der Waals surface area contributed by atoms with Crippen LogP contribution in [0.1, 0.15) is 37.4 Å². The molecule has 1 unspecified atom stereocenters. The van der Waals surface area contributed by atoms with Crippen LogP contribution in [0.3, 0.4) is 0 Å². The number of likely N-dealkylation sites (tertiary alicyclic amines) is 1. The molecular weight excluding hydrogens is 400 g/mol. The lowest BCUT2D eigenvalue weighted by Gasteiger charge is -2.28. The number of carbonyl (C=O) groups is 2. The Hall–Kier alpha value is -2.63. The highest BCUT2D eigenvalue weighted by Gasteiger charge is 2.43. The van der Waals surface area contributed by atoms with Gasteiger partial charge in [0.2, 0.25) is 5.78 Å². The molecule has 1 N–H and O–H groups in total. The summed E-state index contributed by atoms with van der Waals surface area (Å²) in [6, 6.07) is 14.9. The van der Waals surface area contributed by atoms with E-state index in [1.807, 2.05) is 6.07 Å². The fraction of sp³-hybridized carbons (Fsp3) is 0.333. The number of Topliss-reactive ketones (excluding diaryl/α,β-unsaturated/α-hetero) is 1. The molecule has 1 amide bonds. The van der Waals surface area contributed by atoms with Crippen LogP contribution >= 0.6 is 11.6 Å². The first-order valence-corrected chi connectivity index (χ1v) is 10.8. The Morgan fingerprint density at radius 3 is 2.27 bits per heavy atom. The summed E-state index contributed by atoms with van der Waals surface area (Å²) in [6.07, 6.45) is 0.757. The lowest BCUT2D eigenvalue weighted by molar-refractivity contribution is -0.896. The minimum atomic E-state index is -0.709. The fourth-order valence-corrected chi connectivity index (χ4v) is 4.07. The van der Waals surface area contributed by atoms with Gasteiger partial charge >= 0.3 is 0 Å². The summed E-state index contributed by atoms with van der Waals surface area (Å²) in [6.45, 7) is 7.60. The van der Waals surface area contributed by atoms with E-state index in [0.717, 1.165) is 26.1 Å². The molecular formula is C24H27ClN2O3. The number of amides is 1. The number of halogens is 1. The molecule has 1 fully saturated rings. The van der Waals surface area contributed by atoms with Gasteiger partial charge in [-0.05, 0) is 37.1 Å². The number of benzene rings is 2. The third-order valence-corrected chi connectivity index (χ3v) is 5.93. The van der Waals surface area contributed by atoms with Crippen molar-refractivity contribution in [3.05, 3.63) is 76.3 Å². The van der Waals surface area contributed by atoms with Gasteiger partial charge in [-0.25, -0.2) is 0 Å². The van der Waals surface area contributed by atoms with Gasteiger partial charge in [0.25, 0.3) is 5.91 Å². The van der Waals surface area contributed by atoms with Crippen LogP contribution in [0.2, 0.25) is 5.02 Å². The molecule has 0 aliphatic carbocycles. The second-order valence-corrected chi connectivity index (χ2v) is 7.89. The van der Waals surface area contributed by atoms with E-state index < -0.39 is 23.5 Å². The molecule has 5 nitrogen and oxygen atoms in total. The van der Waals surface area contributed by atoms with Gasteiger partial charge in [-0.1, -0.05) is 59.8 Å². The number of carbonyl (C=O) groups excluding carboxylic acids is 2. The number of hydrogen-bond acceptors (Lipinski definition) is 3. The quantitative estimate of drug-likeness (QED) is 0.398. The molecule has 0 aromatic heterocycles. The molecule has 0 bridgehead atoms. The minimum Gasteiger partial charge on any atom is -0.872 e. The van der Waals surface area contributed by atoms with Gasteiger partial charge in [0.15, 0.2) is 0 Å². The van der Waals surface area contributed by atoms with Crippen molar-refractivity contribution in [3.63, 3.8) is 0 Å². The average molecular weight is 427 g/mol. The van der Waals surface area contributed by atoms with Crippen LogP contribution in [0.15, 0.2) is 60.2 Å². The van der Waals surface area contributed by atoms with E-state index in [2.05, 4.69) is 13.8 Å². The van der Waals surface area contributed by atoms with E-state index in [0.29, 0.717) is 22.7 Å². The van der Waals surface area contributed by atoms with Crippen LogP contribution in [0, 0.1) is 0 Å². The molecule has 0 radical (unpaired) electrons. The van der Waals surface area contributed by atoms with Crippen LogP contribution in [0.25, 0.3) is 5.76 Å². The first-order chi connectivity index (χ1) is 14.5. The third-order valence-electron chi connectivity index (χ3n) is 5.68.